The van der Waals surface area contributed by atoms with Gasteiger partial charge < -0.3 is 9.84 Å². The van der Waals surface area contributed by atoms with Crippen LogP contribution < -0.4 is 4.74 Å². The van der Waals surface area contributed by atoms with E-state index < -0.39 is 0 Å². The summed E-state index contributed by atoms with van der Waals surface area (Å²) in [6.45, 7) is 2.84. The average Bonchev–Trinajstić information content (AvgIpc) is 2.85. The number of benzene rings is 1. The first-order valence-corrected chi connectivity index (χ1v) is 11.3. The zero-order valence-corrected chi connectivity index (χ0v) is 18.6. The summed E-state index contributed by atoms with van der Waals surface area (Å²) in [5.41, 5.74) is 3.01. The van der Waals surface area contributed by atoms with E-state index in [9.17, 15) is 5.11 Å². The molecule has 0 saturated carbocycles. The Morgan fingerprint density at radius 3 is 2.91 bits per heavy atom. The van der Waals surface area contributed by atoms with Crippen LogP contribution in [0.15, 0.2) is 49.1 Å². The zero-order valence-electron chi connectivity index (χ0n) is 18.6. The lowest BCUT2D eigenvalue weighted by Crippen LogP contribution is -2.42. The Morgan fingerprint density at radius 2 is 2.09 bits per heavy atom. The van der Waals surface area contributed by atoms with Gasteiger partial charge in [0, 0.05) is 37.1 Å². The molecule has 6 nitrogen and oxygen atoms in total. The molecule has 3 aromatic rings. The first-order valence-electron chi connectivity index (χ1n) is 11.3. The molecular weight excluding hydrogens is 400 g/mol. The zero-order chi connectivity index (χ0) is 22.2. The number of ether oxygens (including phenoxy) is 1. The van der Waals surface area contributed by atoms with E-state index in [2.05, 4.69) is 43.8 Å². The van der Waals surface area contributed by atoms with Gasteiger partial charge in [-0.1, -0.05) is 5.92 Å². The van der Waals surface area contributed by atoms with Gasteiger partial charge in [-0.2, -0.15) is 0 Å². The largest absolute Gasteiger partial charge is 0.497 e. The number of methoxy groups -OCH3 is 1. The first kappa shape index (κ1) is 22.2. The molecule has 3 heterocycles. The third-order valence-electron chi connectivity index (χ3n) is 6.35. The number of aryl methyl sites for hydroxylation is 1. The fourth-order valence-electron chi connectivity index (χ4n) is 4.57. The Balaban J connectivity index is 1.30. The molecule has 1 aliphatic rings. The molecule has 1 N–H and O–H groups in total. The minimum atomic E-state index is 0.230. The second-order valence-corrected chi connectivity index (χ2v) is 8.36. The predicted octanol–water partition coefficient (Wildman–Crippen LogP) is 3.34. The van der Waals surface area contributed by atoms with Crippen LogP contribution >= 0.6 is 0 Å². The van der Waals surface area contributed by atoms with Gasteiger partial charge >= 0.3 is 0 Å². The number of nitrogens with zero attached hydrogens (tertiary/aromatic N) is 4. The van der Waals surface area contributed by atoms with E-state index >= 15 is 0 Å². The maximum atomic E-state index is 9.99. The van der Waals surface area contributed by atoms with Crippen molar-refractivity contribution in [2.24, 2.45) is 11.8 Å². The molecule has 32 heavy (non-hydrogen) atoms. The summed E-state index contributed by atoms with van der Waals surface area (Å²) in [6, 6.07) is 8.16. The summed E-state index contributed by atoms with van der Waals surface area (Å²) in [4.78, 5) is 15.0. The van der Waals surface area contributed by atoms with Gasteiger partial charge in [-0.25, -0.2) is 4.98 Å². The van der Waals surface area contributed by atoms with Crippen LogP contribution in [0.2, 0.25) is 0 Å². The van der Waals surface area contributed by atoms with Gasteiger partial charge in [0.2, 0.25) is 0 Å². The van der Waals surface area contributed by atoms with Crippen molar-refractivity contribution in [3.8, 4) is 17.6 Å². The molecule has 0 bridgehead atoms. The number of hydrogen-bond donors (Lipinski definition) is 1. The second kappa shape index (κ2) is 11.0. The SMILES string of the molecule is COc1ccc2nccc(CCC[C@@H]3CCN(CC#Cc4cnccn4)C[C@@H]3CO)c2c1. The highest BCUT2D eigenvalue weighted by Gasteiger charge is 2.28. The Kier molecular flexibility index (Phi) is 7.65. The Bertz CT molecular complexity index is 1080. The fourth-order valence-corrected chi connectivity index (χ4v) is 4.57. The first-order chi connectivity index (χ1) is 15.8. The fraction of sp³-hybridized carbons (Fsp3) is 0.423. The predicted molar refractivity (Wildman–Crippen MR) is 125 cm³/mol. The van der Waals surface area contributed by atoms with Crippen molar-refractivity contribution in [2.45, 2.75) is 25.7 Å². The van der Waals surface area contributed by atoms with Crippen molar-refractivity contribution >= 4 is 10.9 Å². The summed E-state index contributed by atoms with van der Waals surface area (Å²) in [5.74, 6) is 7.98. The standard InChI is InChI=1S/C26H30N4O2/c1-32-24-7-8-26-25(16-24)21(9-11-29-26)5-2-4-20-10-15-30(18-22(20)19-31)14-3-6-23-17-27-12-13-28-23/h7-9,11-13,16-17,20,22,31H,2,4-5,10,14-15,18-19H2,1H3/t20-,22-/m1/s1. The van der Waals surface area contributed by atoms with Crippen molar-refractivity contribution in [2.75, 3.05) is 33.4 Å². The maximum Gasteiger partial charge on any atom is 0.131 e. The molecule has 2 atom stereocenters. The average molecular weight is 431 g/mol. The monoisotopic (exact) mass is 430 g/mol. The summed E-state index contributed by atoms with van der Waals surface area (Å²) in [5, 5.41) is 11.2. The maximum absolute atomic E-state index is 9.99. The van der Waals surface area contributed by atoms with Crippen LogP contribution in [-0.4, -0.2) is 58.3 Å². The second-order valence-electron chi connectivity index (χ2n) is 8.36. The molecular formula is C26H30N4O2. The van der Waals surface area contributed by atoms with Crippen LogP contribution in [-0.2, 0) is 6.42 Å². The van der Waals surface area contributed by atoms with Gasteiger partial charge in [0.15, 0.2) is 0 Å². The Hall–Kier alpha value is -3.01. The topological polar surface area (TPSA) is 71.4 Å². The van der Waals surface area contributed by atoms with Crippen LogP contribution in [0.5, 0.6) is 5.75 Å². The lowest BCUT2D eigenvalue weighted by Gasteiger charge is -2.37. The Morgan fingerprint density at radius 1 is 1.16 bits per heavy atom. The summed E-state index contributed by atoms with van der Waals surface area (Å²) in [7, 11) is 1.69. The molecule has 1 fully saturated rings. The lowest BCUT2D eigenvalue weighted by molar-refractivity contribution is 0.0748. The van der Waals surface area contributed by atoms with Gasteiger partial charge in [0.25, 0.3) is 0 Å². The Labute approximate surface area is 189 Å². The number of aromatic nitrogens is 3. The summed E-state index contributed by atoms with van der Waals surface area (Å²) < 4.78 is 5.39. The van der Waals surface area contributed by atoms with Crippen molar-refractivity contribution < 1.29 is 9.84 Å². The minimum Gasteiger partial charge on any atom is -0.497 e. The summed E-state index contributed by atoms with van der Waals surface area (Å²) >= 11 is 0. The number of pyridine rings is 1. The number of likely N-dealkylation sites (tertiary alicyclic amines) is 1. The number of hydrogen-bond acceptors (Lipinski definition) is 6. The third-order valence-corrected chi connectivity index (χ3v) is 6.35. The van der Waals surface area contributed by atoms with E-state index in [1.54, 1.807) is 25.7 Å². The molecule has 0 spiro atoms. The molecule has 1 saturated heterocycles. The van der Waals surface area contributed by atoms with E-state index in [1.165, 1.54) is 10.9 Å². The normalized spacial score (nSPS) is 18.8. The smallest absolute Gasteiger partial charge is 0.131 e. The lowest BCUT2D eigenvalue weighted by atomic mass is 9.82. The molecule has 0 amide bonds. The molecule has 0 radical (unpaired) electrons. The van der Waals surface area contributed by atoms with E-state index in [-0.39, 0.29) is 6.61 Å². The molecule has 4 rings (SSSR count). The number of aliphatic hydroxyl groups excluding tert-OH is 1. The molecule has 166 valence electrons. The van der Waals surface area contributed by atoms with Crippen LogP contribution in [0.4, 0.5) is 0 Å². The van der Waals surface area contributed by atoms with Gasteiger partial charge in [-0.05, 0) is 79.8 Å². The molecule has 2 aromatic heterocycles. The quantitative estimate of drug-likeness (QED) is 0.580. The number of aliphatic hydroxyl groups is 1. The summed E-state index contributed by atoms with van der Waals surface area (Å²) in [6.07, 6.45) is 11.2. The third kappa shape index (κ3) is 5.61. The van der Waals surface area contributed by atoms with Crippen molar-refractivity contribution in [3.63, 3.8) is 0 Å². The van der Waals surface area contributed by atoms with Crippen LogP contribution in [0.1, 0.15) is 30.5 Å². The number of fused-ring (bicyclic) bond motifs is 1. The number of rotatable bonds is 7. The molecule has 6 heteroatoms. The minimum absolute atomic E-state index is 0.230. The van der Waals surface area contributed by atoms with E-state index in [4.69, 9.17) is 4.74 Å². The highest BCUT2D eigenvalue weighted by atomic mass is 16.5. The van der Waals surface area contributed by atoms with E-state index in [0.717, 1.165) is 50.0 Å². The van der Waals surface area contributed by atoms with Gasteiger partial charge in [-0.15, -0.1) is 0 Å². The van der Waals surface area contributed by atoms with Gasteiger partial charge in [0.05, 0.1) is 25.4 Å². The van der Waals surface area contributed by atoms with E-state index in [0.29, 0.717) is 24.1 Å². The molecule has 1 aromatic carbocycles. The van der Waals surface area contributed by atoms with E-state index in [1.807, 2.05) is 18.3 Å². The van der Waals surface area contributed by atoms with Crippen LogP contribution in [0, 0.1) is 23.7 Å². The van der Waals surface area contributed by atoms with Crippen molar-refractivity contribution in [1.82, 2.24) is 19.9 Å². The molecule has 0 aliphatic carbocycles. The van der Waals surface area contributed by atoms with Crippen LogP contribution in [0.3, 0.4) is 0 Å². The van der Waals surface area contributed by atoms with Crippen LogP contribution in [0.25, 0.3) is 10.9 Å². The van der Waals surface area contributed by atoms with Gasteiger partial charge in [0.1, 0.15) is 11.4 Å². The highest BCUT2D eigenvalue weighted by molar-refractivity contribution is 5.83. The highest BCUT2D eigenvalue weighted by Crippen LogP contribution is 2.29. The molecule has 0 unspecified atom stereocenters. The van der Waals surface area contributed by atoms with Crippen molar-refractivity contribution in [1.29, 1.82) is 0 Å². The van der Waals surface area contributed by atoms with Crippen molar-refractivity contribution in [3.05, 3.63) is 60.3 Å². The number of piperidine rings is 1. The van der Waals surface area contributed by atoms with Gasteiger partial charge in [-0.3, -0.25) is 14.9 Å². The molecule has 1 aliphatic heterocycles.